The number of Topliss-reactive ketones (excluding diaryl/α,β-unsaturated/α-hetero) is 1. The van der Waals surface area contributed by atoms with Crippen LogP contribution in [-0.4, -0.2) is 64.5 Å². The van der Waals surface area contributed by atoms with Gasteiger partial charge >= 0.3 is 0 Å². The van der Waals surface area contributed by atoms with Crippen LogP contribution in [0, 0.1) is 0 Å². The van der Waals surface area contributed by atoms with Gasteiger partial charge in [-0.05, 0) is 48.4 Å². The number of hydrogen-bond acceptors (Lipinski definition) is 5. The molecule has 5 rings (SSSR count). The molecule has 1 aromatic heterocycles. The molecule has 2 aliphatic heterocycles. The van der Waals surface area contributed by atoms with Gasteiger partial charge < -0.3 is 9.64 Å². The van der Waals surface area contributed by atoms with Gasteiger partial charge in [0.15, 0.2) is 5.78 Å². The average Bonchev–Trinajstić information content (AvgIpc) is 3.37. The lowest BCUT2D eigenvalue weighted by Crippen LogP contribution is -2.51. The van der Waals surface area contributed by atoms with E-state index in [1.54, 1.807) is 24.4 Å². The van der Waals surface area contributed by atoms with Gasteiger partial charge in [0.2, 0.25) is 0 Å². The first-order chi connectivity index (χ1) is 16.1. The Kier molecular flexibility index (Phi) is 6.15. The van der Waals surface area contributed by atoms with E-state index < -0.39 is 0 Å². The predicted molar refractivity (Wildman–Crippen MR) is 125 cm³/mol. The first-order valence-electron chi connectivity index (χ1n) is 11.1. The number of ketones is 1. The van der Waals surface area contributed by atoms with E-state index in [1.807, 2.05) is 29.2 Å². The third-order valence-electron chi connectivity index (χ3n) is 6.32. The standard InChI is InChI=1S/C25H25ClN4O3/c26-20-3-1-2-17(12-20)7-9-29-10-11-30(15-23(29)22-6-8-27-28-22)25(32)18-4-5-24-19(13-18)14-21(31)16-33-24/h1-6,8,12-13,23H,7,9-11,14-16H2,(H,27,28). The molecule has 1 fully saturated rings. The Morgan fingerprint density at radius 3 is 2.91 bits per heavy atom. The summed E-state index contributed by atoms with van der Waals surface area (Å²) in [6.45, 7) is 2.89. The van der Waals surface area contributed by atoms with E-state index in [0.29, 0.717) is 30.8 Å². The maximum Gasteiger partial charge on any atom is 0.253 e. The first-order valence-corrected chi connectivity index (χ1v) is 11.5. The summed E-state index contributed by atoms with van der Waals surface area (Å²) >= 11 is 6.14. The molecule has 1 N–H and O–H groups in total. The molecule has 3 aromatic rings. The maximum absolute atomic E-state index is 13.3. The lowest BCUT2D eigenvalue weighted by atomic mass is 10.0. The number of benzene rings is 2. The first kappa shape index (κ1) is 21.7. The summed E-state index contributed by atoms with van der Waals surface area (Å²) < 4.78 is 5.47. The van der Waals surface area contributed by atoms with Gasteiger partial charge in [0.25, 0.3) is 5.91 Å². The summed E-state index contributed by atoms with van der Waals surface area (Å²) in [6.07, 6.45) is 2.92. The second-order valence-corrected chi connectivity index (χ2v) is 8.96. The Labute approximate surface area is 197 Å². The fourth-order valence-corrected chi connectivity index (χ4v) is 4.79. The van der Waals surface area contributed by atoms with Crippen LogP contribution in [-0.2, 0) is 17.6 Å². The quantitative estimate of drug-likeness (QED) is 0.626. The van der Waals surface area contributed by atoms with E-state index in [0.717, 1.165) is 35.8 Å². The summed E-state index contributed by atoms with van der Waals surface area (Å²) in [5, 5.41) is 7.95. The largest absolute Gasteiger partial charge is 0.486 e. The minimum Gasteiger partial charge on any atom is -0.486 e. The van der Waals surface area contributed by atoms with Crippen LogP contribution in [0.15, 0.2) is 54.7 Å². The summed E-state index contributed by atoms with van der Waals surface area (Å²) in [7, 11) is 0. The molecule has 0 radical (unpaired) electrons. The van der Waals surface area contributed by atoms with Crippen molar-refractivity contribution in [3.63, 3.8) is 0 Å². The van der Waals surface area contributed by atoms with Crippen molar-refractivity contribution in [3.05, 3.63) is 82.1 Å². The number of carbonyl (C=O) groups excluding carboxylic acids is 2. The van der Waals surface area contributed by atoms with Gasteiger partial charge in [-0.15, -0.1) is 0 Å². The number of nitrogens with one attached hydrogen (secondary N) is 1. The SMILES string of the molecule is O=C1COc2ccc(C(=O)N3CCN(CCc4cccc(Cl)c4)C(c4ccn[nH]4)C3)cc2C1. The molecule has 1 atom stereocenters. The van der Waals surface area contributed by atoms with E-state index >= 15 is 0 Å². The third-order valence-corrected chi connectivity index (χ3v) is 6.56. The van der Waals surface area contributed by atoms with Crippen LogP contribution < -0.4 is 4.74 Å². The summed E-state index contributed by atoms with van der Waals surface area (Å²) in [5.41, 5.74) is 3.54. The Hall–Kier alpha value is -3.16. The molecule has 2 aliphatic rings. The van der Waals surface area contributed by atoms with Gasteiger partial charge in [0.1, 0.15) is 12.4 Å². The van der Waals surface area contributed by atoms with Crippen molar-refractivity contribution in [1.82, 2.24) is 20.0 Å². The number of fused-ring (bicyclic) bond motifs is 1. The fourth-order valence-electron chi connectivity index (χ4n) is 4.58. The number of amides is 1. The van der Waals surface area contributed by atoms with Crippen LogP contribution in [0.5, 0.6) is 5.75 Å². The average molecular weight is 465 g/mol. The molecule has 0 spiro atoms. The Balaban J connectivity index is 1.31. The second kappa shape index (κ2) is 9.37. The van der Waals surface area contributed by atoms with Gasteiger partial charge in [-0.25, -0.2) is 0 Å². The third kappa shape index (κ3) is 4.79. The van der Waals surface area contributed by atoms with Crippen LogP contribution in [0.25, 0.3) is 0 Å². The molecule has 1 amide bonds. The van der Waals surface area contributed by atoms with Crippen molar-refractivity contribution in [1.29, 1.82) is 0 Å². The van der Waals surface area contributed by atoms with Gasteiger partial charge in [0, 0.05) is 54.9 Å². The number of rotatable bonds is 5. The Morgan fingerprint density at radius 2 is 2.09 bits per heavy atom. The predicted octanol–water partition coefficient (Wildman–Crippen LogP) is 3.31. The van der Waals surface area contributed by atoms with Crippen molar-refractivity contribution < 1.29 is 14.3 Å². The van der Waals surface area contributed by atoms with E-state index in [-0.39, 0.29) is 24.3 Å². The summed E-state index contributed by atoms with van der Waals surface area (Å²) in [6, 6.07) is 15.3. The van der Waals surface area contributed by atoms with Crippen molar-refractivity contribution >= 4 is 23.3 Å². The van der Waals surface area contributed by atoms with Crippen LogP contribution in [0.2, 0.25) is 5.02 Å². The van der Waals surface area contributed by atoms with Crippen molar-refractivity contribution in [3.8, 4) is 5.75 Å². The van der Waals surface area contributed by atoms with Gasteiger partial charge in [-0.3, -0.25) is 19.6 Å². The molecule has 3 heterocycles. The molecule has 8 heteroatoms. The Morgan fingerprint density at radius 1 is 1.18 bits per heavy atom. The number of aromatic amines is 1. The number of piperazine rings is 1. The number of carbonyl (C=O) groups is 2. The van der Waals surface area contributed by atoms with Crippen molar-refractivity contribution in [2.75, 3.05) is 32.8 Å². The maximum atomic E-state index is 13.3. The van der Waals surface area contributed by atoms with Gasteiger partial charge in [0.05, 0.1) is 11.7 Å². The fraction of sp³-hybridized carbons (Fsp3) is 0.320. The number of halogens is 1. The van der Waals surface area contributed by atoms with Crippen LogP contribution >= 0.6 is 11.6 Å². The number of hydrogen-bond donors (Lipinski definition) is 1. The number of ether oxygens (including phenoxy) is 1. The van der Waals surface area contributed by atoms with E-state index in [4.69, 9.17) is 16.3 Å². The van der Waals surface area contributed by atoms with Crippen molar-refractivity contribution in [2.24, 2.45) is 0 Å². The number of H-pyrrole nitrogens is 1. The molecule has 170 valence electrons. The molecule has 0 saturated carbocycles. The van der Waals surface area contributed by atoms with Gasteiger partial charge in [-0.1, -0.05) is 23.7 Å². The lowest BCUT2D eigenvalue weighted by molar-refractivity contribution is -0.121. The highest BCUT2D eigenvalue weighted by molar-refractivity contribution is 6.30. The zero-order valence-electron chi connectivity index (χ0n) is 18.2. The molecule has 0 bridgehead atoms. The highest BCUT2D eigenvalue weighted by Gasteiger charge is 2.32. The second-order valence-electron chi connectivity index (χ2n) is 8.52. The van der Waals surface area contributed by atoms with Gasteiger partial charge in [-0.2, -0.15) is 5.10 Å². The molecule has 33 heavy (non-hydrogen) atoms. The molecule has 1 saturated heterocycles. The zero-order valence-corrected chi connectivity index (χ0v) is 18.9. The highest BCUT2D eigenvalue weighted by atomic mass is 35.5. The monoisotopic (exact) mass is 464 g/mol. The molecule has 0 aliphatic carbocycles. The summed E-state index contributed by atoms with van der Waals surface area (Å²) in [5.74, 6) is 0.682. The number of nitrogens with zero attached hydrogens (tertiary/aromatic N) is 3. The molecule has 7 nitrogen and oxygen atoms in total. The van der Waals surface area contributed by atoms with Crippen LogP contribution in [0.4, 0.5) is 0 Å². The highest BCUT2D eigenvalue weighted by Crippen LogP contribution is 2.28. The summed E-state index contributed by atoms with van der Waals surface area (Å²) in [4.78, 5) is 29.4. The lowest BCUT2D eigenvalue weighted by Gasteiger charge is -2.41. The topological polar surface area (TPSA) is 78.5 Å². The van der Waals surface area contributed by atoms with E-state index in [1.165, 1.54) is 5.56 Å². The van der Waals surface area contributed by atoms with Crippen molar-refractivity contribution in [2.45, 2.75) is 18.9 Å². The normalized spacial score (nSPS) is 18.6. The number of aromatic nitrogens is 2. The van der Waals surface area contributed by atoms with Crippen LogP contribution in [0.1, 0.15) is 33.2 Å². The molecule has 2 aromatic carbocycles. The molecular weight excluding hydrogens is 440 g/mol. The van der Waals surface area contributed by atoms with Crippen LogP contribution in [0.3, 0.4) is 0 Å². The minimum absolute atomic E-state index is 0.0203. The van der Waals surface area contributed by atoms with E-state index in [9.17, 15) is 9.59 Å². The van der Waals surface area contributed by atoms with E-state index in [2.05, 4.69) is 21.2 Å². The smallest absolute Gasteiger partial charge is 0.253 e. The molecular formula is C25H25ClN4O3. The Bertz CT molecular complexity index is 1160. The molecule has 1 unspecified atom stereocenters. The zero-order chi connectivity index (χ0) is 22.8. The minimum atomic E-state index is -0.0326.